The van der Waals surface area contributed by atoms with Gasteiger partial charge in [-0.25, -0.2) is 9.13 Å². The Hall–Kier alpha value is -5.06. The predicted molar refractivity (Wildman–Crippen MR) is 445 cm³/mol. The maximum Gasteiger partial charge on any atom is 0.472 e. The van der Waals surface area contributed by atoms with E-state index in [1.165, 1.54) is 96.3 Å². The highest BCUT2D eigenvalue weighted by molar-refractivity contribution is 7.47. The number of hydrogen-bond acceptors (Lipinski definition) is 15. The molecule has 0 radical (unpaired) electrons. The predicted octanol–water partition coefficient (Wildman–Crippen LogP) is 25.0. The van der Waals surface area contributed by atoms with E-state index in [-0.39, 0.29) is 25.7 Å². The smallest absolute Gasteiger partial charge is 0.462 e. The van der Waals surface area contributed by atoms with Gasteiger partial charge in [0.1, 0.15) is 19.3 Å². The number of carbonyl (C=O) groups excluding carboxylic acids is 4. The Morgan fingerprint density at radius 1 is 0.269 bits per heavy atom. The van der Waals surface area contributed by atoms with Gasteiger partial charge in [0.2, 0.25) is 0 Å². The Kier molecular flexibility index (Phi) is 76.3. The molecular weight excluding hydrogens is 1400 g/mol. The number of phosphoric ester groups is 2. The lowest BCUT2D eigenvalue weighted by Gasteiger charge is -2.21. The molecule has 17 nitrogen and oxygen atoms in total. The molecule has 0 saturated heterocycles. The highest BCUT2D eigenvalue weighted by Gasteiger charge is 2.30. The molecule has 0 rings (SSSR count). The van der Waals surface area contributed by atoms with Crippen molar-refractivity contribution in [2.24, 2.45) is 0 Å². The molecule has 108 heavy (non-hydrogen) atoms. The molecule has 0 spiro atoms. The summed E-state index contributed by atoms with van der Waals surface area (Å²) < 4.78 is 68.6. The number of carbonyl (C=O) groups is 4. The molecular formula is C89H150O17P2. The Balaban J connectivity index is 5.50. The summed E-state index contributed by atoms with van der Waals surface area (Å²) in [7, 11) is -10.0. The summed E-state index contributed by atoms with van der Waals surface area (Å²) in [4.78, 5) is 73.1. The number of hydrogen-bond donors (Lipinski definition) is 3. The molecule has 0 aliphatic rings. The van der Waals surface area contributed by atoms with Crippen LogP contribution < -0.4 is 0 Å². The van der Waals surface area contributed by atoms with Gasteiger partial charge in [0, 0.05) is 25.7 Å². The van der Waals surface area contributed by atoms with Crippen LogP contribution in [0.1, 0.15) is 336 Å². The van der Waals surface area contributed by atoms with E-state index < -0.39 is 97.5 Å². The second-order valence-electron chi connectivity index (χ2n) is 27.7. The minimum Gasteiger partial charge on any atom is -0.462 e. The lowest BCUT2D eigenvalue weighted by atomic mass is 10.1. The number of allylic oxidation sites excluding steroid dienone is 24. The van der Waals surface area contributed by atoms with Gasteiger partial charge in [-0.3, -0.25) is 37.3 Å². The zero-order chi connectivity index (χ0) is 78.9. The number of phosphoric acid groups is 2. The van der Waals surface area contributed by atoms with Crippen molar-refractivity contribution in [3.63, 3.8) is 0 Å². The van der Waals surface area contributed by atoms with Crippen LogP contribution in [-0.4, -0.2) is 96.7 Å². The van der Waals surface area contributed by atoms with Crippen LogP contribution in [0.15, 0.2) is 146 Å². The molecule has 19 heteroatoms. The van der Waals surface area contributed by atoms with E-state index in [2.05, 4.69) is 155 Å². The summed E-state index contributed by atoms with van der Waals surface area (Å²) in [6, 6.07) is 0. The molecule has 3 N–H and O–H groups in total. The molecule has 0 saturated carbocycles. The van der Waals surface area contributed by atoms with Crippen LogP contribution in [0.4, 0.5) is 0 Å². The average Bonchev–Trinajstić information content (AvgIpc) is 0.907. The zero-order valence-corrected chi connectivity index (χ0v) is 69.5. The van der Waals surface area contributed by atoms with Crippen molar-refractivity contribution in [2.45, 2.75) is 354 Å². The number of unbranched alkanes of at least 4 members (excludes halogenated alkanes) is 28. The summed E-state index contributed by atoms with van der Waals surface area (Å²) in [6.07, 6.45) is 92.6. The third-order valence-electron chi connectivity index (χ3n) is 17.3. The monoisotopic (exact) mass is 1550 g/mol. The maximum atomic E-state index is 13.1. The van der Waals surface area contributed by atoms with Crippen LogP contribution in [0, 0.1) is 0 Å². The summed E-state index contributed by atoms with van der Waals surface area (Å²) in [5.74, 6) is -2.33. The van der Waals surface area contributed by atoms with Crippen LogP contribution in [0.5, 0.6) is 0 Å². The normalized spacial score (nSPS) is 14.5. The summed E-state index contributed by atoms with van der Waals surface area (Å²) in [6.45, 7) is 4.60. The molecule has 0 heterocycles. The average molecular weight is 1550 g/mol. The Bertz CT molecular complexity index is 2610. The van der Waals surface area contributed by atoms with E-state index in [1.54, 1.807) is 0 Å². The fourth-order valence-electron chi connectivity index (χ4n) is 10.9. The van der Waals surface area contributed by atoms with E-state index in [0.29, 0.717) is 32.1 Å². The van der Waals surface area contributed by atoms with E-state index in [1.807, 2.05) is 18.2 Å². The van der Waals surface area contributed by atoms with Crippen LogP contribution >= 0.6 is 15.6 Å². The van der Waals surface area contributed by atoms with E-state index >= 15 is 0 Å². The first-order valence-electron chi connectivity index (χ1n) is 42.1. The molecule has 0 aromatic rings. The highest BCUT2D eigenvalue weighted by atomic mass is 31.2. The first-order chi connectivity index (χ1) is 52.7. The van der Waals surface area contributed by atoms with Gasteiger partial charge < -0.3 is 33.8 Å². The second kappa shape index (κ2) is 80.0. The quantitative estimate of drug-likeness (QED) is 0.0169. The van der Waals surface area contributed by atoms with Crippen molar-refractivity contribution >= 4 is 39.5 Å². The third-order valence-corrected chi connectivity index (χ3v) is 19.2. The van der Waals surface area contributed by atoms with Gasteiger partial charge in [-0.15, -0.1) is 0 Å². The first-order valence-corrected chi connectivity index (χ1v) is 45.1. The molecule has 2 unspecified atom stereocenters. The molecule has 0 aromatic carbocycles. The Labute approximate surface area is 656 Å². The van der Waals surface area contributed by atoms with Gasteiger partial charge in [-0.05, 0) is 161 Å². The van der Waals surface area contributed by atoms with Gasteiger partial charge in [0.05, 0.1) is 26.4 Å². The van der Waals surface area contributed by atoms with Crippen LogP contribution in [0.25, 0.3) is 0 Å². The number of aliphatic hydroxyl groups excluding tert-OH is 1. The largest absolute Gasteiger partial charge is 0.472 e. The van der Waals surface area contributed by atoms with Gasteiger partial charge in [-0.1, -0.05) is 296 Å². The fourth-order valence-corrected chi connectivity index (χ4v) is 12.4. The minimum atomic E-state index is -5.01. The first kappa shape index (κ1) is 103. The van der Waals surface area contributed by atoms with E-state index in [9.17, 15) is 43.2 Å². The van der Waals surface area contributed by atoms with Crippen molar-refractivity contribution < 1.29 is 80.2 Å². The topological polar surface area (TPSA) is 237 Å². The molecule has 0 amide bonds. The third kappa shape index (κ3) is 79.0. The molecule has 0 fully saturated rings. The Morgan fingerprint density at radius 3 is 0.833 bits per heavy atom. The zero-order valence-electron chi connectivity index (χ0n) is 67.7. The van der Waals surface area contributed by atoms with Gasteiger partial charge in [-0.2, -0.15) is 0 Å². The standard InChI is InChI=1S/C89H150O17P2/c1-5-9-13-17-21-25-29-33-37-39-41-43-47-51-55-59-63-67-71-75-88(93)105-84(79-99-86(91)73-69-65-61-57-53-49-45-35-31-27-23-19-15-11-7-3)81-103-107(95,96)101-77-83(90)78-102-108(97,98)104-82-85(80-100-87(92)74-70-66-62-58-54-50-46-36-32-28-24-20-16-12-8-4)106-89(94)76-72-68-64-60-56-52-48-44-42-40-38-34-30-26-22-18-14-10-6-2/h9,13,21-22,25-26,33-38,41-46,51-52,55-56,64,68,83-85,90H,5-8,10-12,14-20,23-24,27-32,39-40,47-50,53-54,57-63,65-67,69-82H2,1-4H3,(H,95,96)(H,97,98)/b13-9-,25-21-,26-22-,37-33-,38-34-,43-41-,44-42-,45-35-,46-36-,55-51-,56-52-,68-64-/t83-,84-,85-/m1/s1. The van der Waals surface area contributed by atoms with Gasteiger partial charge in [0.25, 0.3) is 0 Å². The van der Waals surface area contributed by atoms with E-state index in [4.69, 9.17) is 37.0 Å². The fraction of sp³-hybridized carbons (Fsp3) is 0.685. The Morgan fingerprint density at radius 2 is 0.500 bits per heavy atom. The van der Waals surface area contributed by atoms with Crippen molar-refractivity contribution in [1.29, 1.82) is 0 Å². The lowest BCUT2D eigenvalue weighted by molar-refractivity contribution is -0.161. The van der Waals surface area contributed by atoms with Gasteiger partial charge in [0.15, 0.2) is 12.2 Å². The summed E-state index contributed by atoms with van der Waals surface area (Å²) in [5, 5.41) is 10.7. The van der Waals surface area contributed by atoms with E-state index in [0.717, 1.165) is 154 Å². The number of rotatable bonds is 78. The number of ether oxygens (including phenoxy) is 4. The number of esters is 4. The summed E-state index contributed by atoms with van der Waals surface area (Å²) >= 11 is 0. The van der Waals surface area contributed by atoms with Crippen LogP contribution in [-0.2, 0) is 65.4 Å². The molecule has 0 bridgehead atoms. The maximum absolute atomic E-state index is 13.1. The molecule has 0 aromatic heterocycles. The van der Waals surface area contributed by atoms with Crippen molar-refractivity contribution in [3.05, 3.63) is 146 Å². The SMILES string of the molecule is CC/C=C\C/C=C\C/C=C\C/C=C\C/C=C\CCCCCC(=O)O[C@H](COC(=O)CCCCCCC/C=C\CCCCCCCC)COP(=O)(O)OC[C@@H](O)COP(=O)(O)OC[C@@H](COC(=O)CCCCCCC/C=C\CCCCCCCC)OC(=O)CC/C=C\C/C=C\C/C=C\C/C=C\C/C=C\CCCCC. The van der Waals surface area contributed by atoms with Gasteiger partial charge >= 0.3 is 39.5 Å². The van der Waals surface area contributed by atoms with Crippen LogP contribution in [0.3, 0.4) is 0 Å². The minimum absolute atomic E-state index is 0.0339. The second-order valence-corrected chi connectivity index (χ2v) is 30.6. The highest BCUT2D eigenvalue weighted by Crippen LogP contribution is 2.45. The molecule has 618 valence electrons. The van der Waals surface area contributed by atoms with Crippen molar-refractivity contribution in [3.8, 4) is 0 Å². The molecule has 5 atom stereocenters. The molecule has 0 aliphatic carbocycles. The molecule has 0 aliphatic heterocycles. The van der Waals surface area contributed by atoms with Crippen molar-refractivity contribution in [1.82, 2.24) is 0 Å². The van der Waals surface area contributed by atoms with Crippen LogP contribution in [0.2, 0.25) is 0 Å². The lowest BCUT2D eigenvalue weighted by Crippen LogP contribution is -2.30. The number of aliphatic hydroxyl groups is 1. The summed E-state index contributed by atoms with van der Waals surface area (Å²) in [5.41, 5.74) is 0. The van der Waals surface area contributed by atoms with Crippen molar-refractivity contribution in [2.75, 3.05) is 39.6 Å².